The summed E-state index contributed by atoms with van der Waals surface area (Å²) in [5.41, 5.74) is 4.08. The number of carbonyl (C=O) groups is 1. The minimum atomic E-state index is -1.15. The molecule has 2 fully saturated rings. The lowest BCUT2D eigenvalue weighted by Crippen LogP contribution is -2.77. The van der Waals surface area contributed by atoms with E-state index in [1.54, 1.807) is 0 Å². The van der Waals surface area contributed by atoms with Gasteiger partial charge < -0.3 is 15.9 Å². The zero-order chi connectivity index (χ0) is 8.98. The molecule has 0 aliphatic heterocycles. The lowest BCUT2D eigenvalue weighted by molar-refractivity contribution is -0.204. The summed E-state index contributed by atoms with van der Waals surface area (Å²) in [5.74, 6) is -0.965. The summed E-state index contributed by atoms with van der Waals surface area (Å²) in [6.45, 7) is 0. The molecule has 2 aliphatic rings. The number of rotatable bonds is 1. The van der Waals surface area contributed by atoms with E-state index in [4.69, 9.17) is 10.8 Å². The molecule has 2 atom stereocenters. The predicted molar refractivity (Wildman–Crippen MR) is 41.5 cm³/mol. The standard InChI is InChI=1S/C8H13NO3/c9-8(6(11)12)4-5(10)7(8)2-1-3-7/h5,10H,1-4,9H2,(H,11,12)/t5-,8+/m1/s1. The third-order valence-corrected chi connectivity index (χ3v) is 3.67. The van der Waals surface area contributed by atoms with Crippen LogP contribution in [-0.4, -0.2) is 27.8 Å². The molecular weight excluding hydrogens is 158 g/mol. The monoisotopic (exact) mass is 171 g/mol. The van der Waals surface area contributed by atoms with Crippen molar-refractivity contribution in [1.82, 2.24) is 0 Å². The number of hydrogen-bond donors (Lipinski definition) is 3. The van der Waals surface area contributed by atoms with Crippen molar-refractivity contribution in [3.63, 3.8) is 0 Å². The zero-order valence-corrected chi connectivity index (χ0v) is 6.79. The van der Waals surface area contributed by atoms with E-state index in [2.05, 4.69) is 0 Å². The Morgan fingerprint density at radius 1 is 1.50 bits per heavy atom. The maximum atomic E-state index is 10.8. The fourth-order valence-electron chi connectivity index (χ4n) is 2.51. The Bertz CT molecular complexity index is 236. The first-order chi connectivity index (χ1) is 5.53. The molecule has 4 nitrogen and oxygen atoms in total. The van der Waals surface area contributed by atoms with Gasteiger partial charge in [-0.3, -0.25) is 4.79 Å². The van der Waals surface area contributed by atoms with Crippen molar-refractivity contribution in [3.05, 3.63) is 0 Å². The van der Waals surface area contributed by atoms with Gasteiger partial charge >= 0.3 is 5.97 Å². The third-order valence-electron chi connectivity index (χ3n) is 3.67. The van der Waals surface area contributed by atoms with E-state index in [-0.39, 0.29) is 6.42 Å². The molecular formula is C8H13NO3. The van der Waals surface area contributed by atoms with Crippen LogP contribution < -0.4 is 5.73 Å². The van der Waals surface area contributed by atoms with Gasteiger partial charge in [0.15, 0.2) is 0 Å². The van der Waals surface area contributed by atoms with Gasteiger partial charge in [-0.05, 0) is 12.8 Å². The minimum Gasteiger partial charge on any atom is -0.480 e. The van der Waals surface area contributed by atoms with Crippen molar-refractivity contribution >= 4 is 5.97 Å². The second-order valence-corrected chi connectivity index (χ2v) is 4.01. The number of aliphatic carboxylic acids is 1. The van der Waals surface area contributed by atoms with E-state index in [0.29, 0.717) is 0 Å². The van der Waals surface area contributed by atoms with Crippen LogP contribution in [0.5, 0.6) is 0 Å². The Hall–Kier alpha value is -0.610. The summed E-state index contributed by atoms with van der Waals surface area (Å²) in [7, 11) is 0. The highest BCUT2D eigenvalue weighted by atomic mass is 16.4. The van der Waals surface area contributed by atoms with Gasteiger partial charge in [0.1, 0.15) is 5.54 Å². The Kier molecular flexibility index (Phi) is 1.34. The molecule has 0 aromatic rings. The molecule has 68 valence electrons. The highest BCUT2D eigenvalue weighted by molar-refractivity contribution is 5.82. The summed E-state index contributed by atoms with van der Waals surface area (Å²) in [6, 6.07) is 0. The first-order valence-electron chi connectivity index (χ1n) is 4.23. The van der Waals surface area contributed by atoms with Crippen molar-refractivity contribution < 1.29 is 15.0 Å². The zero-order valence-electron chi connectivity index (χ0n) is 6.79. The summed E-state index contributed by atoms with van der Waals surface area (Å²) in [4.78, 5) is 10.8. The molecule has 0 saturated heterocycles. The SMILES string of the molecule is N[C@]1(C(=O)O)C[C@@H](O)C12CCC2. The molecule has 0 radical (unpaired) electrons. The molecule has 0 bridgehead atoms. The van der Waals surface area contributed by atoms with E-state index >= 15 is 0 Å². The molecule has 0 heterocycles. The lowest BCUT2D eigenvalue weighted by Gasteiger charge is -2.63. The van der Waals surface area contributed by atoms with Crippen LogP contribution in [0.2, 0.25) is 0 Å². The van der Waals surface area contributed by atoms with Crippen molar-refractivity contribution in [1.29, 1.82) is 0 Å². The van der Waals surface area contributed by atoms with Crippen molar-refractivity contribution in [2.24, 2.45) is 11.1 Å². The number of aliphatic hydroxyl groups excluding tert-OH is 1. The quantitative estimate of drug-likeness (QED) is 0.506. The highest BCUT2D eigenvalue weighted by Gasteiger charge is 2.69. The fourth-order valence-corrected chi connectivity index (χ4v) is 2.51. The number of aliphatic hydroxyl groups is 1. The molecule has 1 spiro atoms. The molecule has 4 N–H and O–H groups in total. The maximum Gasteiger partial charge on any atom is 0.324 e. The Morgan fingerprint density at radius 3 is 2.25 bits per heavy atom. The fraction of sp³-hybridized carbons (Fsp3) is 0.875. The molecule has 2 aliphatic carbocycles. The van der Waals surface area contributed by atoms with E-state index in [1.165, 1.54) is 0 Å². The number of carboxylic acid groups (broad SMARTS) is 1. The van der Waals surface area contributed by atoms with Gasteiger partial charge in [0, 0.05) is 11.8 Å². The largest absolute Gasteiger partial charge is 0.480 e. The van der Waals surface area contributed by atoms with Gasteiger partial charge in [-0.15, -0.1) is 0 Å². The average Bonchev–Trinajstić information content (AvgIpc) is 1.81. The van der Waals surface area contributed by atoms with Gasteiger partial charge in [-0.1, -0.05) is 6.42 Å². The van der Waals surface area contributed by atoms with Crippen LogP contribution in [-0.2, 0) is 4.79 Å². The van der Waals surface area contributed by atoms with Crippen LogP contribution in [0.3, 0.4) is 0 Å². The topological polar surface area (TPSA) is 83.6 Å². The van der Waals surface area contributed by atoms with Crippen LogP contribution in [0.4, 0.5) is 0 Å². The molecule has 12 heavy (non-hydrogen) atoms. The van der Waals surface area contributed by atoms with Crippen LogP contribution in [0, 0.1) is 5.41 Å². The van der Waals surface area contributed by atoms with Gasteiger partial charge in [-0.25, -0.2) is 0 Å². The third kappa shape index (κ3) is 0.593. The van der Waals surface area contributed by atoms with Gasteiger partial charge in [0.2, 0.25) is 0 Å². The molecule has 2 saturated carbocycles. The normalized spacial score (nSPS) is 43.3. The molecule has 0 aromatic heterocycles. The second kappa shape index (κ2) is 2.00. The maximum absolute atomic E-state index is 10.8. The van der Waals surface area contributed by atoms with Crippen molar-refractivity contribution in [2.45, 2.75) is 37.3 Å². The Morgan fingerprint density at radius 2 is 2.08 bits per heavy atom. The summed E-state index contributed by atoms with van der Waals surface area (Å²) < 4.78 is 0. The van der Waals surface area contributed by atoms with E-state index in [0.717, 1.165) is 19.3 Å². The summed E-state index contributed by atoms with van der Waals surface area (Å²) >= 11 is 0. The van der Waals surface area contributed by atoms with E-state index < -0.39 is 23.0 Å². The number of hydrogen-bond acceptors (Lipinski definition) is 3. The van der Waals surface area contributed by atoms with Gasteiger partial charge in [-0.2, -0.15) is 0 Å². The minimum absolute atomic E-state index is 0.211. The van der Waals surface area contributed by atoms with Crippen molar-refractivity contribution in [3.8, 4) is 0 Å². The number of carboxylic acids is 1. The van der Waals surface area contributed by atoms with Crippen molar-refractivity contribution in [2.75, 3.05) is 0 Å². The molecule has 0 unspecified atom stereocenters. The smallest absolute Gasteiger partial charge is 0.324 e. The van der Waals surface area contributed by atoms with Crippen LogP contribution in [0.15, 0.2) is 0 Å². The Labute approximate surface area is 70.4 Å². The van der Waals surface area contributed by atoms with E-state index in [1.807, 2.05) is 0 Å². The molecule has 0 amide bonds. The van der Waals surface area contributed by atoms with E-state index in [9.17, 15) is 9.90 Å². The van der Waals surface area contributed by atoms with Crippen LogP contribution in [0.25, 0.3) is 0 Å². The van der Waals surface area contributed by atoms with Crippen LogP contribution >= 0.6 is 0 Å². The average molecular weight is 171 g/mol. The highest BCUT2D eigenvalue weighted by Crippen LogP contribution is 2.60. The summed E-state index contributed by atoms with van der Waals surface area (Å²) in [5, 5.41) is 18.3. The Balaban J connectivity index is 2.25. The molecule has 0 aromatic carbocycles. The van der Waals surface area contributed by atoms with Gasteiger partial charge in [0.05, 0.1) is 6.10 Å². The van der Waals surface area contributed by atoms with Crippen LogP contribution in [0.1, 0.15) is 25.7 Å². The molecule has 4 heteroatoms. The lowest BCUT2D eigenvalue weighted by atomic mass is 9.44. The summed E-state index contributed by atoms with van der Waals surface area (Å²) in [6.07, 6.45) is 2.23. The first kappa shape index (κ1) is 8.01. The second-order valence-electron chi connectivity index (χ2n) is 4.01. The first-order valence-corrected chi connectivity index (χ1v) is 4.23. The molecule has 2 rings (SSSR count). The van der Waals surface area contributed by atoms with Gasteiger partial charge in [0.25, 0.3) is 0 Å². The predicted octanol–water partition coefficient (Wildman–Crippen LogP) is -0.297. The number of nitrogens with two attached hydrogens (primary N) is 1.